The molecule has 0 unspecified atom stereocenters. The minimum atomic E-state index is -1.04. The minimum Gasteiger partial charge on any atom is -0.477 e. The molecule has 0 saturated heterocycles. The summed E-state index contributed by atoms with van der Waals surface area (Å²) in [5, 5.41) is 9.21. The van der Waals surface area contributed by atoms with Gasteiger partial charge in [0.25, 0.3) is 0 Å². The summed E-state index contributed by atoms with van der Waals surface area (Å²) < 4.78 is 0. The van der Waals surface area contributed by atoms with Crippen LogP contribution in [0.15, 0.2) is 0 Å². The molecule has 3 N–H and O–H groups in total. The van der Waals surface area contributed by atoms with Crippen LogP contribution in [0.1, 0.15) is 60.4 Å². The van der Waals surface area contributed by atoms with Crippen molar-refractivity contribution in [3.63, 3.8) is 0 Å². The summed E-state index contributed by atoms with van der Waals surface area (Å²) in [6, 6.07) is 0. The molecule has 4 saturated carbocycles. The molecular weight excluding hydrogens is 266 g/mol. The summed E-state index contributed by atoms with van der Waals surface area (Å²) in [4.78, 5) is 20.2. The molecule has 112 valence electrons. The van der Waals surface area contributed by atoms with Crippen LogP contribution in [0.4, 0.5) is 5.82 Å². The van der Waals surface area contributed by atoms with Gasteiger partial charge in [0.2, 0.25) is 0 Å². The van der Waals surface area contributed by atoms with Gasteiger partial charge in [0, 0.05) is 5.41 Å². The Balaban J connectivity index is 1.78. The number of nitrogen functional groups attached to an aromatic ring is 1. The largest absolute Gasteiger partial charge is 0.477 e. The molecule has 1 heterocycles. The number of carbonyl (C=O) groups is 1. The van der Waals surface area contributed by atoms with Crippen LogP contribution >= 0.6 is 0 Å². The van der Waals surface area contributed by atoms with Gasteiger partial charge in [-0.05, 0) is 63.2 Å². The zero-order chi connectivity index (χ0) is 14.8. The van der Waals surface area contributed by atoms with Gasteiger partial charge < -0.3 is 10.8 Å². The Morgan fingerprint density at radius 3 is 2.10 bits per heavy atom. The van der Waals surface area contributed by atoms with E-state index in [1.807, 2.05) is 0 Å². The van der Waals surface area contributed by atoms with Crippen molar-refractivity contribution in [2.45, 2.75) is 50.9 Å². The van der Waals surface area contributed by atoms with E-state index in [0.717, 1.165) is 42.8 Å². The van der Waals surface area contributed by atoms with E-state index in [1.165, 1.54) is 19.3 Å². The zero-order valence-corrected chi connectivity index (χ0v) is 12.3. The normalized spacial score (nSPS) is 36.9. The average molecular weight is 287 g/mol. The fourth-order valence-electron chi connectivity index (χ4n) is 5.48. The Labute approximate surface area is 124 Å². The molecule has 5 heteroatoms. The monoisotopic (exact) mass is 287 g/mol. The lowest BCUT2D eigenvalue weighted by atomic mass is 9.49. The van der Waals surface area contributed by atoms with Crippen LogP contribution in [0.25, 0.3) is 0 Å². The standard InChI is InChI=1S/C16H21N3O2/c1-8-12(14(20)21)13(17)19-15(18-8)16-5-9-2-10(6-16)4-11(3-9)7-16/h9-11H,2-7H2,1H3,(H,20,21)(H2,17,18,19). The van der Waals surface area contributed by atoms with Gasteiger partial charge in [0.05, 0.1) is 5.69 Å². The van der Waals surface area contributed by atoms with Gasteiger partial charge in [0.15, 0.2) is 0 Å². The number of hydrogen-bond donors (Lipinski definition) is 2. The van der Waals surface area contributed by atoms with Gasteiger partial charge in [-0.25, -0.2) is 14.8 Å². The van der Waals surface area contributed by atoms with Crippen LogP contribution < -0.4 is 5.73 Å². The van der Waals surface area contributed by atoms with Crippen LogP contribution in [-0.4, -0.2) is 21.0 Å². The molecule has 5 rings (SSSR count). The number of carboxylic acid groups (broad SMARTS) is 1. The summed E-state index contributed by atoms with van der Waals surface area (Å²) in [5.74, 6) is 2.31. The Morgan fingerprint density at radius 2 is 1.67 bits per heavy atom. The summed E-state index contributed by atoms with van der Waals surface area (Å²) in [5.41, 5.74) is 6.53. The molecule has 5 nitrogen and oxygen atoms in total. The Morgan fingerprint density at radius 1 is 1.14 bits per heavy atom. The van der Waals surface area contributed by atoms with Crippen molar-refractivity contribution in [2.24, 2.45) is 17.8 Å². The van der Waals surface area contributed by atoms with Crippen LogP contribution in [0.2, 0.25) is 0 Å². The van der Waals surface area contributed by atoms with Crippen LogP contribution in [-0.2, 0) is 5.41 Å². The maximum atomic E-state index is 11.2. The number of carboxylic acids is 1. The SMILES string of the molecule is Cc1nc(C23CC4CC(CC(C4)C2)C3)nc(N)c1C(=O)O. The van der Waals surface area contributed by atoms with Crippen molar-refractivity contribution in [3.8, 4) is 0 Å². The predicted molar refractivity (Wildman–Crippen MR) is 78.0 cm³/mol. The van der Waals surface area contributed by atoms with Crippen molar-refractivity contribution in [1.82, 2.24) is 9.97 Å². The molecule has 4 bridgehead atoms. The highest BCUT2D eigenvalue weighted by Crippen LogP contribution is 2.60. The zero-order valence-electron chi connectivity index (χ0n) is 12.3. The van der Waals surface area contributed by atoms with Crippen LogP contribution in [0.5, 0.6) is 0 Å². The fourth-order valence-corrected chi connectivity index (χ4v) is 5.48. The third kappa shape index (κ3) is 1.86. The number of aromatic nitrogens is 2. The van der Waals surface area contributed by atoms with Crippen molar-refractivity contribution in [1.29, 1.82) is 0 Å². The van der Waals surface area contributed by atoms with E-state index in [-0.39, 0.29) is 16.8 Å². The Kier molecular flexibility index (Phi) is 2.60. The van der Waals surface area contributed by atoms with Gasteiger partial charge in [-0.3, -0.25) is 0 Å². The van der Waals surface area contributed by atoms with Crippen molar-refractivity contribution < 1.29 is 9.90 Å². The molecule has 0 spiro atoms. The number of rotatable bonds is 2. The number of nitrogens with zero attached hydrogens (tertiary/aromatic N) is 2. The van der Waals surface area contributed by atoms with Crippen LogP contribution in [0.3, 0.4) is 0 Å². The molecule has 4 fully saturated rings. The summed E-state index contributed by atoms with van der Waals surface area (Å²) in [7, 11) is 0. The van der Waals surface area contributed by atoms with Crippen LogP contribution in [0, 0.1) is 24.7 Å². The van der Waals surface area contributed by atoms with E-state index >= 15 is 0 Å². The molecule has 0 radical (unpaired) electrons. The molecule has 0 aromatic carbocycles. The van der Waals surface area contributed by atoms with E-state index in [9.17, 15) is 9.90 Å². The van der Waals surface area contributed by atoms with E-state index in [0.29, 0.717) is 5.69 Å². The van der Waals surface area contributed by atoms with Gasteiger partial charge in [-0.1, -0.05) is 0 Å². The highest BCUT2D eigenvalue weighted by atomic mass is 16.4. The van der Waals surface area contributed by atoms with Crippen molar-refractivity contribution in [2.75, 3.05) is 5.73 Å². The fraction of sp³-hybridized carbons (Fsp3) is 0.688. The molecule has 0 atom stereocenters. The minimum absolute atomic E-state index is 0.0588. The lowest BCUT2D eigenvalue weighted by Crippen LogP contribution is -2.49. The summed E-state index contributed by atoms with van der Waals surface area (Å²) >= 11 is 0. The quantitative estimate of drug-likeness (QED) is 0.872. The highest BCUT2D eigenvalue weighted by Gasteiger charge is 2.53. The molecular formula is C16H21N3O2. The second-order valence-corrected chi connectivity index (χ2v) is 7.40. The second-order valence-electron chi connectivity index (χ2n) is 7.40. The molecule has 21 heavy (non-hydrogen) atoms. The molecule has 4 aliphatic carbocycles. The molecule has 4 aliphatic rings. The number of anilines is 1. The first-order chi connectivity index (χ1) is 9.97. The number of aromatic carboxylic acids is 1. The molecule has 0 amide bonds. The van der Waals surface area contributed by atoms with Gasteiger partial charge in [-0.15, -0.1) is 0 Å². The van der Waals surface area contributed by atoms with E-state index in [1.54, 1.807) is 6.92 Å². The molecule has 0 aliphatic heterocycles. The first-order valence-electron chi connectivity index (χ1n) is 7.85. The van der Waals surface area contributed by atoms with E-state index in [4.69, 9.17) is 5.73 Å². The third-order valence-electron chi connectivity index (χ3n) is 5.84. The maximum Gasteiger partial charge on any atom is 0.341 e. The first-order valence-corrected chi connectivity index (χ1v) is 7.85. The second kappa shape index (κ2) is 4.18. The van der Waals surface area contributed by atoms with Gasteiger partial charge in [0.1, 0.15) is 17.2 Å². The third-order valence-corrected chi connectivity index (χ3v) is 5.84. The van der Waals surface area contributed by atoms with E-state index in [2.05, 4.69) is 9.97 Å². The Bertz CT molecular complexity index is 568. The van der Waals surface area contributed by atoms with Crippen molar-refractivity contribution >= 4 is 11.8 Å². The Hall–Kier alpha value is -1.65. The number of nitrogens with two attached hydrogens (primary N) is 1. The summed E-state index contributed by atoms with van der Waals surface area (Å²) in [6.45, 7) is 1.73. The lowest BCUT2D eigenvalue weighted by Gasteiger charge is -2.56. The molecule has 1 aromatic rings. The highest BCUT2D eigenvalue weighted by molar-refractivity contribution is 5.93. The number of aryl methyl sites for hydroxylation is 1. The van der Waals surface area contributed by atoms with E-state index < -0.39 is 5.97 Å². The number of hydrogen-bond acceptors (Lipinski definition) is 4. The smallest absolute Gasteiger partial charge is 0.341 e. The first kappa shape index (κ1) is 13.0. The summed E-state index contributed by atoms with van der Waals surface area (Å²) in [6.07, 6.45) is 7.56. The predicted octanol–water partition coefficient (Wildman–Crippen LogP) is 2.53. The lowest BCUT2D eigenvalue weighted by molar-refractivity contribution is -0.00944. The van der Waals surface area contributed by atoms with Gasteiger partial charge in [-0.2, -0.15) is 0 Å². The average Bonchev–Trinajstić information content (AvgIpc) is 2.35. The maximum absolute atomic E-state index is 11.2. The van der Waals surface area contributed by atoms with Gasteiger partial charge >= 0.3 is 5.97 Å². The topological polar surface area (TPSA) is 89.1 Å². The molecule has 1 aromatic heterocycles. The van der Waals surface area contributed by atoms with Crippen molar-refractivity contribution in [3.05, 3.63) is 17.1 Å².